The number of nitro groups is 1. The van der Waals surface area contributed by atoms with Crippen molar-refractivity contribution in [3.05, 3.63) is 51.4 Å². The van der Waals surface area contributed by atoms with Crippen LogP contribution in [0.3, 0.4) is 0 Å². The Bertz CT molecular complexity index is 604. The smallest absolute Gasteiger partial charge is 0.311 e. The van der Waals surface area contributed by atoms with Crippen molar-refractivity contribution in [2.45, 2.75) is 6.92 Å². The van der Waals surface area contributed by atoms with Gasteiger partial charge in [0.05, 0.1) is 4.92 Å². The normalized spacial score (nSPS) is 10.1. The lowest BCUT2D eigenvalue weighted by atomic mass is 10.2. The molecule has 1 aromatic heterocycles. The van der Waals surface area contributed by atoms with Crippen molar-refractivity contribution in [3.8, 4) is 11.6 Å². The molecule has 0 amide bonds. The number of nitro benzene ring substituents is 1. The third-order valence-electron chi connectivity index (χ3n) is 2.13. The molecule has 92 valence electrons. The molecular formula is C11H8ClN3O3. The van der Waals surface area contributed by atoms with E-state index in [-0.39, 0.29) is 22.6 Å². The monoisotopic (exact) mass is 265 g/mol. The molecule has 0 atom stereocenters. The van der Waals surface area contributed by atoms with Crippen LogP contribution >= 0.6 is 11.6 Å². The highest BCUT2D eigenvalue weighted by molar-refractivity contribution is 6.28. The quantitative estimate of drug-likeness (QED) is 0.484. The molecule has 7 heteroatoms. The lowest BCUT2D eigenvalue weighted by Gasteiger charge is -2.05. The van der Waals surface area contributed by atoms with Crippen LogP contribution in [-0.2, 0) is 0 Å². The summed E-state index contributed by atoms with van der Waals surface area (Å²) in [6.45, 7) is 1.76. The fraction of sp³-hybridized carbons (Fsp3) is 0.0909. The third-order valence-corrected chi connectivity index (χ3v) is 2.31. The van der Waals surface area contributed by atoms with Crippen LogP contribution in [-0.4, -0.2) is 14.9 Å². The van der Waals surface area contributed by atoms with E-state index in [0.29, 0.717) is 0 Å². The van der Waals surface area contributed by atoms with Crippen LogP contribution in [0.25, 0.3) is 0 Å². The number of ether oxygens (including phenoxy) is 1. The summed E-state index contributed by atoms with van der Waals surface area (Å²) < 4.78 is 5.33. The molecule has 0 saturated carbocycles. The number of aryl methyl sites for hydroxylation is 1. The van der Waals surface area contributed by atoms with Crippen molar-refractivity contribution in [3.63, 3.8) is 0 Å². The summed E-state index contributed by atoms with van der Waals surface area (Å²) in [4.78, 5) is 17.9. The van der Waals surface area contributed by atoms with E-state index in [4.69, 9.17) is 16.3 Å². The predicted molar refractivity (Wildman–Crippen MR) is 64.9 cm³/mol. The lowest BCUT2D eigenvalue weighted by Crippen LogP contribution is -1.95. The van der Waals surface area contributed by atoms with Gasteiger partial charge < -0.3 is 4.74 Å². The maximum absolute atomic E-state index is 10.9. The summed E-state index contributed by atoms with van der Waals surface area (Å²) in [6.07, 6.45) is 1.41. The van der Waals surface area contributed by atoms with E-state index in [1.54, 1.807) is 13.0 Å². The molecule has 2 aromatic rings. The lowest BCUT2D eigenvalue weighted by molar-refractivity contribution is -0.385. The highest BCUT2D eigenvalue weighted by atomic mass is 35.5. The molecule has 0 N–H and O–H groups in total. The highest BCUT2D eigenvalue weighted by Gasteiger charge is 2.16. The second-order valence-electron chi connectivity index (χ2n) is 3.49. The van der Waals surface area contributed by atoms with Gasteiger partial charge in [-0.05, 0) is 30.2 Å². The molecule has 0 bridgehead atoms. The summed E-state index contributed by atoms with van der Waals surface area (Å²) in [5.41, 5.74) is 0.652. The second kappa shape index (κ2) is 4.97. The topological polar surface area (TPSA) is 78.2 Å². The molecule has 0 aliphatic rings. The van der Waals surface area contributed by atoms with Gasteiger partial charge in [-0.15, -0.1) is 0 Å². The van der Waals surface area contributed by atoms with Crippen LogP contribution in [0.4, 0.5) is 5.69 Å². The number of benzene rings is 1. The summed E-state index contributed by atoms with van der Waals surface area (Å²) in [7, 11) is 0. The van der Waals surface area contributed by atoms with Crippen molar-refractivity contribution in [2.24, 2.45) is 0 Å². The van der Waals surface area contributed by atoms with Crippen molar-refractivity contribution in [1.82, 2.24) is 9.97 Å². The van der Waals surface area contributed by atoms with Crippen LogP contribution in [0.15, 0.2) is 30.5 Å². The Labute approximate surface area is 107 Å². The molecule has 0 saturated heterocycles. The number of aromatic nitrogens is 2. The zero-order chi connectivity index (χ0) is 13.1. The first-order chi connectivity index (χ1) is 8.56. The molecule has 1 heterocycles. The Hall–Kier alpha value is -2.21. The Morgan fingerprint density at radius 3 is 2.83 bits per heavy atom. The van der Waals surface area contributed by atoms with E-state index in [9.17, 15) is 10.1 Å². The first kappa shape index (κ1) is 12.3. The van der Waals surface area contributed by atoms with E-state index >= 15 is 0 Å². The van der Waals surface area contributed by atoms with Crippen molar-refractivity contribution >= 4 is 17.3 Å². The number of nitrogens with zero attached hydrogens (tertiary/aromatic N) is 3. The molecule has 6 nitrogen and oxygen atoms in total. The van der Waals surface area contributed by atoms with E-state index in [1.807, 2.05) is 0 Å². The molecule has 0 radical (unpaired) electrons. The first-order valence-electron chi connectivity index (χ1n) is 4.98. The summed E-state index contributed by atoms with van der Waals surface area (Å²) in [5.74, 6) is 0.266. The number of halogens is 1. The van der Waals surface area contributed by atoms with Crippen molar-refractivity contribution < 1.29 is 9.66 Å². The van der Waals surface area contributed by atoms with Crippen LogP contribution in [0, 0.1) is 17.0 Å². The average Bonchev–Trinajstić information content (AvgIpc) is 2.31. The van der Waals surface area contributed by atoms with E-state index < -0.39 is 4.92 Å². The van der Waals surface area contributed by atoms with Crippen LogP contribution < -0.4 is 4.74 Å². The van der Waals surface area contributed by atoms with Gasteiger partial charge in [0, 0.05) is 18.3 Å². The third kappa shape index (κ3) is 2.72. The largest absolute Gasteiger partial charge is 0.432 e. The molecule has 18 heavy (non-hydrogen) atoms. The van der Waals surface area contributed by atoms with Gasteiger partial charge in [-0.25, -0.2) is 4.98 Å². The molecular weight excluding hydrogens is 258 g/mol. The number of hydrogen-bond donors (Lipinski definition) is 0. The Kier molecular flexibility index (Phi) is 3.38. The van der Waals surface area contributed by atoms with Crippen LogP contribution in [0.2, 0.25) is 5.28 Å². The zero-order valence-corrected chi connectivity index (χ0v) is 10.1. The minimum atomic E-state index is -0.509. The second-order valence-corrected chi connectivity index (χ2v) is 3.83. The molecule has 2 rings (SSSR count). The Morgan fingerprint density at radius 1 is 1.39 bits per heavy atom. The minimum Gasteiger partial charge on any atom is -0.432 e. The maximum Gasteiger partial charge on any atom is 0.311 e. The minimum absolute atomic E-state index is 0.0160. The standard InChI is InChI=1S/C11H8ClN3O3/c1-7-2-3-9(8(6-7)15(16)17)18-10-4-5-13-11(12)14-10/h2-6H,1H3. The van der Waals surface area contributed by atoms with Crippen molar-refractivity contribution in [1.29, 1.82) is 0 Å². The van der Waals surface area contributed by atoms with Gasteiger partial charge in [-0.3, -0.25) is 10.1 Å². The van der Waals surface area contributed by atoms with Gasteiger partial charge >= 0.3 is 5.69 Å². The predicted octanol–water partition coefficient (Wildman–Crippen LogP) is 3.14. The fourth-order valence-electron chi connectivity index (χ4n) is 1.35. The van der Waals surface area contributed by atoms with E-state index in [0.717, 1.165) is 5.56 Å². The molecule has 0 unspecified atom stereocenters. The SMILES string of the molecule is Cc1ccc(Oc2ccnc(Cl)n2)c([N+](=O)[O-])c1. The van der Waals surface area contributed by atoms with Gasteiger partial charge in [0.1, 0.15) is 0 Å². The van der Waals surface area contributed by atoms with Gasteiger partial charge in [0.2, 0.25) is 16.9 Å². The Balaban J connectivity index is 2.37. The Morgan fingerprint density at radius 2 is 2.17 bits per heavy atom. The maximum atomic E-state index is 10.9. The molecule has 1 aromatic carbocycles. The highest BCUT2D eigenvalue weighted by Crippen LogP contribution is 2.31. The zero-order valence-electron chi connectivity index (χ0n) is 9.33. The molecule has 0 aliphatic heterocycles. The van der Waals surface area contributed by atoms with Crippen LogP contribution in [0.5, 0.6) is 11.6 Å². The molecule has 0 fully saturated rings. The summed E-state index contributed by atoms with van der Waals surface area (Å²) in [5, 5.41) is 10.9. The van der Waals surface area contributed by atoms with Gasteiger partial charge in [0.15, 0.2) is 0 Å². The van der Waals surface area contributed by atoms with Gasteiger partial charge in [-0.1, -0.05) is 6.07 Å². The molecule has 0 spiro atoms. The van der Waals surface area contributed by atoms with Gasteiger partial charge in [-0.2, -0.15) is 4.98 Å². The van der Waals surface area contributed by atoms with E-state index in [2.05, 4.69) is 9.97 Å². The first-order valence-corrected chi connectivity index (χ1v) is 5.35. The molecule has 0 aliphatic carbocycles. The van der Waals surface area contributed by atoms with Crippen molar-refractivity contribution in [2.75, 3.05) is 0 Å². The number of hydrogen-bond acceptors (Lipinski definition) is 5. The number of rotatable bonds is 3. The van der Waals surface area contributed by atoms with Gasteiger partial charge in [0.25, 0.3) is 0 Å². The van der Waals surface area contributed by atoms with E-state index in [1.165, 1.54) is 24.4 Å². The fourth-order valence-corrected chi connectivity index (χ4v) is 1.49. The van der Waals surface area contributed by atoms with Crippen LogP contribution in [0.1, 0.15) is 5.56 Å². The summed E-state index contributed by atoms with van der Waals surface area (Å²) in [6, 6.07) is 6.13. The average molecular weight is 266 g/mol. The summed E-state index contributed by atoms with van der Waals surface area (Å²) >= 11 is 5.60.